The number of ether oxygens (including phenoxy) is 1. The van der Waals surface area contributed by atoms with E-state index in [1.807, 2.05) is 45.2 Å². The number of Topliss-reactive ketones (excluding diaryl/α,β-unsaturated/α-hetero) is 1. The maximum atomic E-state index is 13.1. The van der Waals surface area contributed by atoms with Crippen molar-refractivity contribution in [2.75, 3.05) is 0 Å². The summed E-state index contributed by atoms with van der Waals surface area (Å²) in [6.45, 7) is 12.6. The molecule has 0 unspecified atom stereocenters. The Bertz CT molecular complexity index is 971. The summed E-state index contributed by atoms with van der Waals surface area (Å²) in [4.78, 5) is 30.4. The number of hydrogen-bond donors (Lipinski definition) is 2. The quantitative estimate of drug-likeness (QED) is 0.439. The Balaban J connectivity index is 2.37. The fourth-order valence-electron chi connectivity index (χ4n) is 4.07. The van der Waals surface area contributed by atoms with Crippen LogP contribution in [0.5, 0.6) is 0 Å². The zero-order chi connectivity index (χ0) is 25.6. The van der Waals surface area contributed by atoms with Gasteiger partial charge in [0.25, 0.3) is 0 Å². The first kappa shape index (κ1) is 28.1. The van der Waals surface area contributed by atoms with Crippen molar-refractivity contribution < 1.29 is 24.5 Å². The van der Waals surface area contributed by atoms with Crippen molar-refractivity contribution in [2.24, 2.45) is 11.3 Å². The van der Waals surface area contributed by atoms with Gasteiger partial charge in [0.2, 0.25) is 0 Å². The number of carbonyl (C=O) groups excluding carboxylic acids is 2. The fourth-order valence-corrected chi connectivity index (χ4v) is 4.64. The lowest BCUT2D eigenvalue weighted by Gasteiger charge is -2.33. The number of aliphatic hydroxyl groups is 2. The molecule has 1 aromatic rings. The van der Waals surface area contributed by atoms with Gasteiger partial charge in [0.1, 0.15) is 11.9 Å². The zero-order valence-electron chi connectivity index (χ0n) is 21.4. The molecule has 1 aliphatic heterocycles. The average molecular weight is 490 g/mol. The molecule has 0 spiro atoms. The van der Waals surface area contributed by atoms with E-state index < -0.39 is 35.6 Å². The van der Waals surface area contributed by atoms with E-state index in [0.29, 0.717) is 6.42 Å². The van der Waals surface area contributed by atoms with Gasteiger partial charge < -0.3 is 14.9 Å². The Labute approximate surface area is 207 Å². The number of allylic oxidation sites excluding steroid dienone is 2. The largest absolute Gasteiger partial charge is 0.457 e. The van der Waals surface area contributed by atoms with Gasteiger partial charge in [0.15, 0.2) is 0 Å². The van der Waals surface area contributed by atoms with Crippen LogP contribution in [0.3, 0.4) is 0 Å². The van der Waals surface area contributed by atoms with Crippen LogP contribution < -0.4 is 0 Å². The smallest absolute Gasteiger partial charge is 0.309 e. The van der Waals surface area contributed by atoms with Crippen LogP contribution in [0.15, 0.2) is 34.3 Å². The topological polar surface area (TPSA) is 96.7 Å². The number of thiazole rings is 1. The van der Waals surface area contributed by atoms with E-state index in [1.54, 1.807) is 32.1 Å². The molecule has 34 heavy (non-hydrogen) atoms. The third kappa shape index (κ3) is 7.45. The van der Waals surface area contributed by atoms with Crippen LogP contribution in [0.4, 0.5) is 0 Å². The first-order valence-electron chi connectivity index (χ1n) is 11.9. The number of aromatic nitrogens is 1. The molecule has 0 saturated heterocycles. The second-order valence-electron chi connectivity index (χ2n) is 9.97. The predicted molar refractivity (Wildman–Crippen MR) is 136 cm³/mol. The molecule has 0 aromatic carbocycles. The highest BCUT2D eigenvalue weighted by molar-refractivity contribution is 7.09. The Morgan fingerprint density at radius 3 is 2.50 bits per heavy atom. The standard InChI is InChI=1S/C27H39NO5S/c1-16-9-8-10-17(2)25(31)19(4)26(32)27(6,7)23(29)14-24(30)33-22(12-11-16)18(3)13-21-15-34-20(5)28-21/h10-11,13,15,19,22-23,25,29,31H,8-9,12,14H2,1-7H3/b16-11+,17-10-,18-13-/t19-,22+,23+,25+/m1/s1. The van der Waals surface area contributed by atoms with Crippen LogP contribution in [0.2, 0.25) is 0 Å². The number of ketones is 1. The third-order valence-corrected chi connectivity index (χ3v) is 7.45. The molecule has 0 bridgehead atoms. The summed E-state index contributed by atoms with van der Waals surface area (Å²) < 4.78 is 5.80. The number of hydrogen-bond acceptors (Lipinski definition) is 7. The number of aryl methyl sites for hydroxylation is 1. The monoisotopic (exact) mass is 489 g/mol. The molecule has 0 radical (unpaired) electrons. The maximum absolute atomic E-state index is 13.1. The Morgan fingerprint density at radius 1 is 1.21 bits per heavy atom. The minimum Gasteiger partial charge on any atom is -0.457 e. The summed E-state index contributed by atoms with van der Waals surface area (Å²) >= 11 is 1.56. The minimum atomic E-state index is -1.23. The van der Waals surface area contributed by atoms with E-state index in [4.69, 9.17) is 4.74 Å². The van der Waals surface area contributed by atoms with E-state index >= 15 is 0 Å². The van der Waals surface area contributed by atoms with Gasteiger partial charge in [-0.25, -0.2) is 4.98 Å². The highest BCUT2D eigenvalue weighted by Crippen LogP contribution is 2.31. The Morgan fingerprint density at radius 2 is 1.88 bits per heavy atom. The molecule has 2 N–H and O–H groups in total. The second-order valence-corrected chi connectivity index (χ2v) is 11.0. The first-order chi connectivity index (χ1) is 15.8. The predicted octanol–water partition coefficient (Wildman–Crippen LogP) is 5.19. The fraction of sp³-hybridized carbons (Fsp3) is 0.593. The van der Waals surface area contributed by atoms with Crippen molar-refractivity contribution in [3.63, 3.8) is 0 Å². The summed E-state index contributed by atoms with van der Waals surface area (Å²) in [5.41, 5.74) is 2.35. The van der Waals surface area contributed by atoms with Gasteiger partial charge in [-0.1, -0.05) is 38.5 Å². The van der Waals surface area contributed by atoms with Crippen molar-refractivity contribution in [3.05, 3.63) is 45.0 Å². The van der Waals surface area contributed by atoms with E-state index in [-0.39, 0.29) is 12.2 Å². The number of carbonyl (C=O) groups is 2. The number of aliphatic hydroxyl groups excluding tert-OH is 2. The number of esters is 1. The minimum absolute atomic E-state index is 0.289. The highest BCUT2D eigenvalue weighted by atomic mass is 32.1. The summed E-state index contributed by atoms with van der Waals surface area (Å²) in [6.07, 6.45) is 5.01. The van der Waals surface area contributed by atoms with E-state index in [2.05, 4.69) is 11.1 Å². The molecule has 1 aliphatic rings. The molecule has 1 aromatic heterocycles. The zero-order valence-corrected chi connectivity index (χ0v) is 22.2. The SMILES string of the molecule is C/C(=C/c1csc(C)n1)[C@@H]1C/C=C(\C)CC/C=C(/C)[C@H](O)[C@@H](C)C(=O)C(C)(C)[C@@H](O)CC(=O)O1. The summed E-state index contributed by atoms with van der Waals surface area (Å²) in [5, 5.41) is 24.4. The lowest BCUT2D eigenvalue weighted by Crippen LogP contribution is -2.44. The third-order valence-electron chi connectivity index (χ3n) is 6.66. The van der Waals surface area contributed by atoms with Gasteiger partial charge in [-0.3, -0.25) is 9.59 Å². The first-order valence-corrected chi connectivity index (χ1v) is 12.7. The number of cyclic esters (lactones) is 1. The maximum Gasteiger partial charge on any atom is 0.309 e. The molecule has 0 fully saturated rings. The number of nitrogens with zero attached hydrogens (tertiary/aromatic N) is 1. The van der Waals surface area contributed by atoms with Crippen LogP contribution in [0.25, 0.3) is 6.08 Å². The molecule has 2 rings (SSSR count). The average Bonchev–Trinajstić information content (AvgIpc) is 3.18. The molecule has 0 amide bonds. The van der Waals surface area contributed by atoms with Crippen molar-refractivity contribution in [1.29, 1.82) is 0 Å². The van der Waals surface area contributed by atoms with Crippen LogP contribution in [0.1, 0.15) is 77.9 Å². The molecule has 0 aliphatic carbocycles. The lowest BCUT2D eigenvalue weighted by atomic mass is 9.74. The van der Waals surface area contributed by atoms with Crippen molar-refractivity contribution in [3.8, 4) is 0 Å². The van der Waals surface area contributed by atoms with Crippen LogP contribution in [-0.4, -0.2) is 45.3 Å². The Kier molecular flexibility index (Phi) is 9.97. The molecular weight excluding hydrogens is 450 g/mol. The summed E-state index contributed by atoms with van der Waals surface area (Å²) in [5.74, 6) is -1.56. The Hall–Kier alpha value is -2.09. The van der Waals surface area contributed by atoms with Crippen LogP contribution in [0, 0.1) is 18.3 Å². The molecule has 188 valence electrons. The van der Waals surface area contributed by atoms with Gasteiger partial charge in [-0.05, 0) is 57.8 Å². The molecule has 0 saturated carbocycles. The van der Waals surface area contributed by atoms with E-state index in [9.17, 15) is 19.8 Å². The van der Waals surface area contributed by atoms with Gasteiger partial charge >= 0.3 is 5.97 Å². The molecule has 4 atom stereocenters. The molecule has 6 nitrogen and oxygen atoms in total. The second kappa shape index (κ2) is 12.0. The lowest BCUT2D eigenvalue weighted by molar-refractivity contribution is -0.153. The summed E-state index contributed by atoms with van der Waals surface area (Å²) in [6, 6.07) is 0. The van der Waals surface area contributed by atoms with Gasteiger partial charge in [0.05, 0.1) is 34.7 Å². The normalized spacial score (nSPS) is 31.3. The van der Waals surface area contributed by atoms with E-state index in [1.165, 1.54) is 0 Å². The molecular formula is C27H39NO5S. The van der Waals surface area contributed by atoms with Crippen LogP contribution >= 0.6 is 11.3 Å². The molecule has 7 heteroatoms. The molecule has 2 heterocycles. The van der Waals surface area contributed by atoms with Crippen molar-refractivity contribution in [2.45, 2.75) is 92.5 Å². The van der Waals surface area contributed by atoms with Gasteiger partial charge in [-0.2, -0.15) is 0 Å². The van der Waals surface area contributed by atoms with Gasteiger partial charge in [-0.15, -0.1) is 11.3 Å². The summed E-state index contributed by atoms with van der Waals surface area (Å²) in [7, 11) is 0. The van der Waals surface area contributed by atoms with Crippen LogP contribution in [-0.2, 0) is 14.3 Å². The van der Waals surface area contributed by atoms with Crippen molar-refractivity contribution >= 4 is 29.2 Å². The van der Waals surface area contributed by atoms with Crippen molar-refractivity contribution in [1.82, 2.24) is 4.98 Å². The number of rotatable bonds is 2. The van der Waals surface area contributed by atoms with Gasteiger partial charge in [0, 0.05) is 17.7 Å². The highest BCUT2D eigenvalue weighted by Gasteiger charge is 2.41. The van der Waals surface area contributed by atoms with E-state index in [0.717, 1.165) is 40.3 Å².